The van der Waals surface area contributed by atoms with Crippen molar-refractivity contribution in [1.82, 2.24) is 0 Å². The van der Waals surface area contributed by atoms with Crippen molar-refractivity contribution in [2.24, 2.45) is 0 Å². The monoisotopic (exact) mass is 265 g/mol. The number of carbonyl (C=O) groups is 1. The zero-order valence-electron chi connectivity index (χ0n) is 12.2. The molecule has 0 fully saturated rings. The van der Waals surface area contributed by atoms with Crippen LogP contribution >= 0.6 is 0 Å². The van der Waals surface area contributed by atoms with E-state index in [9.17, 15) is 4.79 Å². The summed E-state index contributed by atoms with van der Waals surface area (Å²) in [6.45, 7) is 4.44. The lowest BCUT2D eigenvalue weighted by molar-refractivity contribution is -0.0985. The second-order valence-electron chi connectivity index (χ2n) is 4.64. The van der Waals surface area contributed by atoms with E-state index in [2.05, 4.69) is 6.92 Å². The molecule has 1 aromatic carbocycles. The van der Waals surface area contributed by atoms with Crippen LogP contribution in [-0.2, 0) is 9.47 Å². The first kappa shape index (κ1) is 15.5. The van der Waals surface area contributed by atoms with Crippen LogP contribution in [0.2, 0.25) is 0 Å². The van der Waals surface area contributed by atoms with Gasteiger partial charge in [0.15, 0.2) is 6.29 Å². The highest BCUT2D eigenvalue weighted by Gasteiger charge is 2.12. The van der Waals surface area contributed by atoms with Gasteiger partial charge in [-0.2, -0.15) is 0 Å². The molecule has 1 unspecified atom stereocenters. The van der Waals surface area contributed by atoms with Crippen molar-refractivity contribution >= 4 is 11.7 Å². The number of rotatable bonds is 7. The molecule has 4 heteroatoms. The normalized spacial score (nSPS) is 12.0. The van der Waals surface area contributed by atoms with E-state index in [1.54, 1.807) is 19.1 Å². The van der Waals surface area contributed by atoms with E-state index in [1.165, 1.54) is 0 Å². The van der Waals surface area contributed by atoms with Gasteiger partial charge in [-0.1, -0.05) is 13.3 Å². The summed E-state index contributed by atoms with van der Waals surface area (Å²) >= 11 is 0. The number of hydrogen-bond acceptors (Lipinski definition) is 4. The zero-order valence-corrected chi connectivity index (χ0v) is 12.2. The summed E-state index contributed by atoms with van der Waals surface area (Å²) in [6.07, 6.45) is 1.53. The minimum absolute atomic E-state index is 0.352. The SMILES string of the molecule is CCCCOC(C)OC(=O)c1ccc(N(C)C)cc1. The number of unbranched alkanes of at least 4 members (excludes halogenated alkanes) is 1. The number of carbonyl (C=O) groups excluding carboxylic acids is 1. The van der Waals surface area contributed by atoms with Crippen LogP contribution in [0, 0.1) is 0 Å². The van der Waals surface area contributed by atoms with Gasteiger partial charge in [-0.15, -0.1) is 0 Å². The van der Waals surface area contributed by atoms with E-state index in [4.69, 9.17) is 9.47 Å². The van der Waals surface area contributed by atoms with Crippen molar-refractivity contribution < 1.29 is 14.3 Å². The van der Waals surface area contributed by atoms with Crippen LogP contribution in [0.25, 0.3) is 0 Å². The predicted molar refractivity (Wildman–Crippen MR) is 76.5 cm³/mol. The summed E-state index contributed by atoms with van der Waals surface area (Å²) in [6, 6.07) is 7.30. The van der Waals surface area contributed by atoms with Gasteiger partial charge in [0.2, 0.25) is 0 Å². The Bertz CT molecular complexity index is 387. The van der Waals surface area contributed by atoms with Gasteiger partial charge in [0.1, 0.15) is 0 Å². The highest BCUT2D eigenvalue weighted by molar-refractivity contribution is 5.89. The maximum Gasteiger partial charge on any atom is 0.340 e. The van der Waals surface area contributed by atoms with E-state index in [1.807, 2.05) is 31.1 Å². The molecule has 0 aliphatic carbocycles. The fourth-order valence-electron chi connectivity index (χ4n) is 1.54. The first-order valence-electron chi connectivity index (χ1n) is 6.64. The molecule has 1 rings (SSSR count). The van der Waals surface area contributed by atoms with Crippen LogP contribution in [0.1, 0.15) is 37.0 Å². The fourth-order valence-corrected chi connectivity index (χ4v) is 1.54. The van der Waals surface area contributed by atoms with E-state index in [-0.39, 0.29) is 5.97 Å². The number of benzene rings is 1. The number of esters is 1. The average molecular weight is 265 g/mol. The lowest BCUT2D eigenvalue weighted by Gasteiger charge is -2.15. The molecule has 0 radical (unpaired) electrons. The van der Waals surface area contributed by atoms with Crippen LogP contribution < -0.4 is 4.90 Å². The third-order valence-electron chi connectivity index (χ3n) is 2.74. The molecule has 0 amide bonds. The van der Waals surface area contributed by atoms with Gasteiger partial charge in [0, 0.05) is 19.8 Å². The molecule has 1 atom stereocenters. The Kier molecular flexibility index (Phi) is 6.36. The third-order valence-corrected chi connectivity index (χ3v) is 2.74. The largest absolute Gasteiger partial charge is 0.432 e. The first-order valence-corrected chi connectivity index (χ1v) is 6.64. The van der Waals surface area contributed by atoms with E-state index in [0.717, 1.165) is 18.5 Å². The molecule has 0 aromatic heterocycles. The van der Waals surface area contributed by atoms with Crippen molar-refractivity contribution in [1.29, 1.82) is 0 Å². The van der Waals surface area contributed by atoms with Crippen LogP contribution in [0.3, 0.4) is 0 Å². The van der Waals surface area contributed by atoms with Gasteiger partial charge in [-0.3, -0.25) is 0 Å². The number of ether oxygens (including phenoxy) is 2. The number of hydrogen-bond donors (Lipinski definition) is 0. The molecule has 4 nitrogen and oxygen atoms in total. The summed E-state index contributed by atoms with van der Waals surface area (Å²) < 4.78 is 10.6. The summed E-state index contributed by atoms with van der Waals surface area (Å²) in [5.41, 5.74) is 1.58. The summed E-state index contributed by atoms with van der Waals surface area (Å²) in [5.74, 6) is -0.352. The Labute approximate surface area is 115 Å². The molecule has 1 aromatic rings. The number of nitrogens with zero attached hydrogens (tertiary/aromatic N) is 1. The topological polar surface area (TPSA) is 38.8 Å². The summed E-state index contributed by atoms with van der Waals surface area (Å²) in [5, 5.41) is 0. The lowest BCUT2D eigenvalue weighted by Crippen LogP contribution is -2.19. The quantitative estimate of drug-likeness (QED) is 0.431. The fraction of sp³-hybridized carbons (Fsp3) is 0.533. The second-order valence-corrected chi connectivity index (χ2v) is 4.64. The van der Waals surface area contributed by atoms with Crippen molar-refractivity contribution in [3.05, 3.63) is 29.8 Å². The van der Waals surface area contributed by atoms with Crippen molar-refractivity contribution in [2.75, 3.05) is 25.6 Å². The van der Waals surface area contributed by atoms with Crippen LogP contribution in [-0.4, -0.2) is 33.0 Å². The molecule has 19 heavy (non-hydrogen) atoms. The third kappa shape index (κ3) is 5.30. The van der Waals surface area contributed by atoms with Crippen molar-refractivity contribution in [3.63, 3.8) is 0 Å². The van der Waals surface area contributed by atoms with E-state index < -0.39 is 6.29 Å². The Morgan fingerprint density at radius 1 is 1.26 bits per heavy atom. The average Bonchev–Trinajstić information content (AvgIpc) is 2.39. The van der Waals surface area contributed by atoms with Crippen LogP contribution in [0.15, 0.2) is 24.3 Å². The standard InChI is InChI=1S/C15H23NO3/c1-5-6-11-18-12(2)19-15(17)13-7-9-14(10-8-13)16(3)4/h7-10,12H,5-6,11H2,1-4H3. The highest BCUT2D eigenvalue weighted by atomic mass is 16.7. The van der Waals surface area contributed by atoms with Crippen LogP contribution in [0.5, 0.6) is 0 Å². The molecule has 0 aliphatic rings. The van der Waals surface area contributed by atoms with Gasteiger partial charge in [0.05, 0.1) is 12.2 Å². The Balaban J connectivity index is 2.48. The molecule has 0 saturated carbocycles. The number of anilines is 1. The molecule has 0 bridgehead atoms. The molecular formula is C15H23NO3. The molecule has 0 heterocycles. The van der Waals surface area contributed by atoms with Gasteiger partial charge in [-0.25, -0.2) is 4.79 Å². The van der Waals surface area contributed by atoms with E-state index >= 15 is 0 Å². The Hall–Kier alpha value is -1.55. The predicted octanol–water partition coefficient (Wildman–Crippen LogP) is 3.07. The van der Waals surface area contributed by atoms with Gasteiger partial charge >= 0.3 is 5.97 Å². The van der Waals surface area contributed by atoms with Crippen molar-refractivity contribution in [3.8, 4) is 0 Å². The molecular weight excluding hydrogens is 242 g/mol. The Morgan fingerprint density at radius 3 is 2.42 bits per heavy atom. The minimum Gasteiger partial charge on any atom is -0.432 e. The lowest BCUT2D eigenvalue weighted by atomic mass is 10.2. The molecule has 0 N–H and O–H groups in total. The maximum absolute atomic E-state index is 11.9. The summed E-state index contributed by atoms with van der Waals surface area (Å²) in [4.78, 5) is 13.8. The molecule has 0 spiro atoms. The zero-order chi connectivity index (χ0) is 14.3. The first-order chi connectivity index (χ1) is 9.04. The van der Waals surface area contributed by atoms with Gasteiger partial charge in [0.25, 0.3) is 0 Å². The molecule has 106 valence electrons. The Morgan fingerprint density at radius 2 is 1.89 bits per heavy atom. The summed E-state index contributed by atoms with van der Waals surface area (Å²) in [7, 11) is 3.91. The maximum atomic E-state index is 11.9. The smallest absolute Gasteiger partial charge is 0.340 e. The molecule has 0 aliphatic heterocycles. The van der Waals surface area contributed by atoms with Gasteiger partial charge < -0.3 is 14.4 Å². The van der Waals surface area contributed by atoms with Crippen molar-refractivity contribution in [2.45, 2.75) is 33.0 Å². The van der Waals surface area contributed by atoms with Gasteiger partial charge in [-0.05, 0) is 37.6 Å². The van der Waals surface area contributed by atoms with E-state index in [0.29, 0.717) is 12.2 Å². The van der Waals surface area contributed by atoms with Crippen LogP contribution in [0.4, 0.5) is 5.69 Å². The molecule has 0 saturated heterocycles. The minimum atomic E-state index is -0.507. The second kappa shape index (κ2) is 7.79. The highest BCUT2D eigenvalue weighted by Crippen LogP contribution is 2.13.